The Morgan fingerprint density at radius 1 is 0.938 bits per heavy atom. The number of carbonyl (C=O) groups is 2. The molecule has 1 aromatic heterocycles. The Kier molecular flexibility index (Phi) is 6.25. The average molecular weight is 435 g/mol. The van der Waals surface area contributed by atoms with Gasteiger partial charge in [-0.2, -0.15) is 0 Å². The number of para-hydroxylation sites is 1. The number of halogens is 1. The largest absolute Gasteiger partial charge is 0.450 e. The molecule has 0 bridgehead atoms. The first-order valence-corrected chi connectivity index (χ1v) is 10.7. The standard InChI is InChI=1S/C25H26FN3O3/c1-3-32-25(31)28-15-13-27(14-16-28)24(30)20-17-23(19-9-5-4-6-10-19)29(18(20)2)22-12-8-7-11-21(22)26/h4-12,17H,3,13-16H2,1-2H3. The van der Waals surface area contributed by atoms with Gasteiger partial charge in [0.05, 0.1) is 23.6 Å². The van der Waals surface area contributed by atoms with Gasteiger partial charge < -0.3 is 19.1 Å². The molecule has 0 aliphatic carbocycles. The molecule has 1 aliphatic rings. The third kappa shape index (κ3) is 4.10. The van der Waals surface area contributed by atoms with Gasteiger partial charge in [0.15, 0.2) is 0 Å². The second-order valence-corrected chi connectivity index (χ2v) is 7.66. The molecular weight excluding hydrogens is 409 g/mol. The molecule has 0 spiro atoms. The van der Waals surface area contributed by atoms with Crippen molar-refractivity contribution in [1.29, 1.82) is 0 Å². The van der Waals surface area contributed by atoms with Crippen LogP contribution in [-0.2, 0) is 4.74 Å². The molecule has 0 atom stereocenters. The number of ether oxygens (including phenoxy) is 1. The van der Waals surface area contributed by atoms with Crippen LogP contribution in [-0.4, -0.2) is 59.2 Å². The predicted octanol–water partition coefficient (Wildman–Crippen LogP) is 4.51. The highest BCUT2D eigenvalue weighted by Crippen LogP contribution is 2.31. The van der Waals surface area contributed by atoms with Crippen molar-refractivity contribution >= 4 is 12.0 Å². The minimum absolute atomic E-state index is 0.127. The first-order chi connectivity index (χ1) is 15.5. The summed E-state index contributed by atoms with van der Waals surface area (Å²) in [4.78, 5) is 28.7. The highest BCUT2D eigenvalue weighted by molar-refractivity contribution is 5.97. The lowest BCUT2D eigenvalue weighted by atomic mass is 10.1. The fraction of sp³-hybridized carbons (Fsp3) is 0.280. The Balaban J connectivity index is 1.68. The third-order valence-electron chi connectivity index (χ3n) is 5.73. The molecular formula is C25H26FN3O3. The van der Waals surface area contributed by atoms with Crippen LogP contribution in [0.5, 0.6) is 0 Å². The molecule has 2 aromatic carbocycles. The van der Waals surface area contributed by atoms with E-state index < -0.39 is 0 Å². The quantitative estimate of drug-likeness (QED) is 0.606. The lowest BCUT2D eigenvalue weighted by Gasteiger charge is -2.34. The maximum atomic E-state index is 14.7. The number of hydrogen-bond acceptors (Lipinski definition) is 3. The predicted molar refractivity (Wildman–Crippen MR) is 120 cm³/mol. The van der Waals surface area contributed by atoms with Crippen LogP contribution in [0.1, 0.15) is 23.0 Å². The van der Waals surface area contributed by atoms with Crippen molar-refractivity contribution < 1.29 is 18.7 Å². The van der Waals surface area contributed by atoms with E-state index in [4.69, 9.17) is 4.74 Å². The highest BCUT2D eigenvalue weighted by Gasteiger charge is 2.28. The lowest BCUT2D eigenvalue weighted by molar-refractivity contribution is 0.0570. The summed E-state index contributed by atoms with van der Waals surface area (Å²) in [6.07, 6.45) is -0.354. The first kappa shape index (κ1) is 21.6. The van der Waals surface area contributed by atoms with Crippen molar-refractivity contribution in [3.05, 3.63) is 77.7 Å². The minimum Gasteiger partial charge on any atom is -0.450 e. The molecule has 4 rings (SSSR count). The van der Waals surface area contributed by atoms with E-state index >= 15 is 0 Å². The van der Waals surface area contributed by atoms with Crippen molar-refractivity contribution in [2.45, 2.75) is 13.8 Å². The highest BCUT2D eigenvalue weighted by atomic mass is 19.1. The van der Waals surface area contributed by atoms with E-state index in [0.717, 1.165) is 11.3 Å². The molecule has 0 N–H and O–H groups in total. The smallest absolute Gasteiger partial charge is 0.409 e. The van der Waals surface area contributed by atoms with Crippen molar-refractivity contribution in [1.82, 2.24) is 14.4 Å². The summed E-state index contributed by atoms with van der Waals surface area (Å²) in [5.74, 6) is -0.483. The van der Waals surface area contributed by atoms with Gasteiger partial charge in [-0.15, -0.1) is 0 Å². The van der Waals surface area contributed by atoms with Gasteiger partial charge in [0.25, 0.3) is 5.91 Å². The molecule has 0 radical (unpaired) electrons. The molecule has 2 amide bonds. The van der Waals surface area contributed by atoms with E-state index in [1.807, 2.05) is 43.3 Å². The van der Waals surface area contributed by atoms with Crippen LogP contribution >= 0.6 is 0 Å². The SMILES string of the molecule is CCOC(=O)N1CCN(C(=O)c2cc(-c3ccccc3)n(-c3ccccc3F)c2C)CC1. The number of hydrogen-bond donors (Lipinski definition) is 0. The van der Waals surface area contributed by atoms with Gasteiger partial charge in [-0.25, -0.2) is 9.18 Å². The fourth-order valence-electron chi connectivity index (χ4n) is 4.07. The molecule has 0 unspecified atom stereocenters. The fourth-order valence-corrected chi connectivity index (χ4v) is 4.07. The number of carbonyl (C=O) groups excluding carboxylic acids is 2. The zero-order valence-corrected chi connectivity index (χ0v) is 18.3. The van der Waals surface area contributed by atoms with Gasteiger partial charge in [0.1, 0.15) is 5.82 Å². The van der Waals surface area contributed by atoms with Crippen LogP contribution in [0.4, 0.5) is 9.18 Å². The number of benzene rings is 2. The average Bonchev–Trinajstić information content (AvgIpc) is 3.16. The Hall–Kier alpha value is -3.61. The van der Waals surface area contributed by atoms with Gasteiger partial charge in [0, 0.05) is 31.9 Å². The summed E-state index contributed by atoms with van der Waals surface area (Å²) < 4.78 is 21.6. The van der Waals surface area contributed by atoms with Gasteiger partial charge >= 0.3 is 6.09 Å². The maximum absolute atomic E-state index is 14.7. The molecule has 32 heavy (non-hydrogen) atoms. The number of piperazine rings is 1. The van der Waals surface area contributed by atoms with E-state index in [1.54, 1.807) is 39.5 Å². The molecule has 166 valence electrons. The summed E-state index contributed by atoms with van der Waals surface area (Å²) in [6, 6.07) is 18.0. The number of amides is 2. The molecule has 1 saturated heterocycles. The van der Waals surface area contributed by atoms with Crippen LogP contribution in [0.3, 0.4) is 0 Å². The van der Waals surface area contributed by atoms with Crippen LogP contribution in [0.25, 0.3) is 16.9 Å². The Morgan fingerprint density at radius 3 is 2.22 bits per heavy atom. The van der Waals surface area contributed by atoms with E-state index in [1.165, 1.54) is 6.07 Å². The number of nitrogens with zero attached hydrogens (tertiary/aromatic N) is 3. The third-order valence-corrected chi connectivity index (χ3v) is 5.73. The van der Waals surface area contributed by atoms with Gasteiger partial charge in [0.2, 0.25) is 0 Å². The second kappa shape index (κ2) is 9.26. The van der Waals surface area contributed by atoms with E-state index in [2.05, 4.69) is 0 Å². The topological polar surface area (TPSA) is 54.8 Å². The Bertz CT molecular complexity index is 1120. The molecule has 2 heterocycles. The maximum Gasteiger partial charge on any atom is 0.409 e. The molecule has 1 aliphatic heterocycles. The van der Waals surface area contributed by atoms with E-state index in [-0.39, 0.29) is 17.8 Å². The second-order valence-electron chi connectivity index (χ2n) is 7.66. The molecule has 1 fully saturated rings. The van der Waals surface area contributed by atoms with Gasteiger partial charge in [-0.1, -0.05) is 42.5 Å². The van der Waals surface area contributed by atoms with Crippen LogP contribution in [0.15, 0.2) is 60.7 Å². The summed E-state index contributed by atoms with van der Waals surface area (Å²) in [7, 11) is 0. The van der Waals surface area contributed by atoms with Crippen molar-refractivity contribution in [3.63, 3.8) is 0 Å². The molecule has 3 aromatic rings. The number of rotatable bonds is 4. The van der Waals surface area contributed by atoms with Crippen molar-refractivity contribution in [2.75, 3.05) is 32.8 Å². The Labute approximate surface area is 186 Å². The minimum atomic E-state index is -0.356. The molecule has 7 heteroatoms. The summed E-state index contributed by atoms with van der Waals surface area (Å²) in [5.41, 5.74) is 3.24. The number of aromatic nitrogens is 1. The summed E-state index contributed by atoms with van der Waals surface area (Å²) >= 11 is 0. The van der Waals surface area contributed by atoms with E-state index in [0.29, 0.717) is 49.7 Å². The van der Waals surface area contributed by atoms with Crippen molar-refractivity contribution in [3.8, 4) is 16.9 Å². The molecule has 6 nitrogen and oxygen atoms in total. The first-order valence-electron chi connectivity index (χ1n) is 10.7. The lowest BCUT2D eigenvalue weighted by Crippen LogP contribution is -2.50. The monoisotopic (exact) mass is 435 g/mol. The van der Waals surface area contributed by atoms with Gasteiger partial charge in [-0.05, 0) is 37.6 Å². The van der Waals surface area contributed by atoms with Gasteiger partial charge in [-0.3, -0.25) is 4.79 Å². The normalized spacial score (nSPS) is 13.8. The zero-order valence-electron chi connectivity index (χ0n) is 18.3. The zero-order chi connectivity index (χ0) is 22.7. The summed E-state index contributed by atoms with van der Waals surface area (Å²) in [6.45, 7) is 5.60. The van der Waals surface area contributed by atoms with E-state index in [9.17, 15) is 14.0 Å². The Morgan fingerprint density at radius 2 is 1.56 bits per heavy atom. The summed E-state index contributed by atoms with van der Waals surface area (Å²) in [5, 5.41) is 0. The van der Waals surface area contributed by atoms with Crippen LogP contribution in [0, 0.1) is 12.7 Å². The van der Waals surface area contributed by atoms with Crippen LogP contribution in [0.2, 0.25) is 0 Å². The van der Waals surface area contributed by atoms with Crippen molar-refractivity contribution in [2.24, 2.45) is 0 Å². The van der Waals surface area contributed by atoms with Crippen LogP contribution < -0.4 is 0 Å². The molecule has 0 saturated carbocycles.